The van der Waals surface area contributed by atoms with Crippen molar-refractivity contribution in [3.05, 3.63) is 15.6 Å². The molecule has 0 aromatic carbocycles. The number of aromatic nitrogens is 1. The van der Waals surface area contributed by atoms with Gasteiger partial charge in [0.05, 0.1) is 10.7 Å². The van der Waals surface area contributed by atoms with Crippen LogP contribution in [0.5, 0.6) is 0 Å². The van der Waals surface area contributed by atoms with E-state index in [4.69, 9.17) is 5.73 Å². The quantitative estimate of drug-likeness (QED) is 0.911. The van der Waals surface area contributed by atoms with Gasteiger partial charge in [-0.3, -0.25) is 0 Å². The van der Waals surface area contributed by atoms with E-state index in [0.717, 1.165) is 29.8 Å². The lowest BCUT2D eigenvalue weighted by atomic mass is 9.91. The Labute approximate surface area is 102 Å². The summed E-state index contributed by atoms with van der Waals surface area (Å²) in [5.41, 5.74) is 6.61. The molecule has 6 heteroatoms. The molecule has 0 amide bonds. The smallest absolute Gasteiger partial charge is 0.330 e. The van der Waals surface area contributed by atoms with Gasteiger partial charge in [0.15, 0.2) is 0 Å². The first-order valence-electron chi connectivity index (χ1n) is 5.75. The molecule has 0 bridgehead atoms. The molecule has 1 aromatic rings. The Morgan fingerprint density at radius 3 is 2.82 bits per heavy atom. The third kappa shape index (κ3) is 3.19. The van der Waals surface area contributed by atoms with Crippen LogP contribution in [-0.4, -0.2) is 17.7 Å². The molecule has 0 saturated heterocycles. The molecule has 1 heterocycles. The van der Waals surface area contributed by atoms with E-state index in [1.807, 2.05) is 0 Å². The summed E-state index contributed by atoms with van der Waals surface area (Å²) in [6, 6.07) is 0. The molecule has 2 N–H and O–H groups in total. The van der Waals surface area contributed by atoms with Crippen LogP contribution in [0.15, 0.2) is 0 Å². The zero-order valence-corrected chi connectivity index (χ0v) is 10.2. The molecule has 1 atom stereocenters. The van der Waals surface area contributed by atoms with Gasteiger partial charge in [-0.2, -0.15) is 13.2 Å². The number of thiazole rings is 1. The highest BCUT2D eigenvalue weighted by Crippen LogP contribution is 2.35. The molecule has 0 spiro atoms. The number of hydrogen-bond donors (Lipinski definition) is 1. The Morgan fingerprint density at radius 2 is 2.18 bits per heavy atom. The fourth-order valence-electron chi connectivity index (χ4n) is 2.14. The van der Waals surface area contributed by atoms with E-state index in [1.165, 1.54) is 11.3 Å². The number of rotatable bonds is 3. The molecule has 96 valence electrons. The summed E-state index contributed by atoms with van der Waals surface area (Å²) in [6.07, 6.45) is -1.87. The molecule has 1 aliphatic carbocycles. The van der Waals surface area contributed by atoms with Crippen LogP contribution in [-0.2, 0) is 12.8 Å². The summed E-state index contributed by atoms with van der Waals surface area (Å²) in [5.74, 6) is 0.245. The molecular weight excluding hydrogens is 249 g/mol. The number of nitrogens with zero attached hydrogens (tertiary/aromatic N) is 1. The first kappa shape index (κ1) is 12.8. The van der Waals surface area contributed by atoms with E-state index in [2.05, 4.69) is 4.98 Å². The number of fused-ring (bicyclic) bond motifs is 1. The van der Waals surface area contributed by atoms with Gasteiger partial charge in [0.1, 0.15) is 0 Å². The topological polar surface area (TPSA) is 38.9 Å². The van der Waals surface area contributed by atoms with E-state index in [1.54, 1.807) is 0 Å². The Bertz CT molecular complexity index is 387. The molecule has 1 aromatic heterocycles. The summed E-state index contributed by atoms with van der Waals surface area (Å²) >= 11 is 1.43. The van der Waals surface area contributed by atoms with Crippen LogP contribution in [0.1, 0.15) is 40.8 Å². The van der Waals surface area contributed by atoms with Gasteiger partial charge in [-0.1, -0.05) is 0 Å². The second-order valence-electron chi connectivity index (χ2n) is 4.36. The van der Waals surface area contributed by atoms with Crippen LogP contribution in [0.4, 0.5) is 13.2 Å². The predicted molar refractivity (Wildman–Crippen MR) is 61.2 cm³/mol. The van der Waals surface area contributed by atoms with Crippen molar-refractivity contribution in [1.29, 1.82) is 0 Å². The highest BCUT2D eigenvalue weighted by molar-refractivity contribution is 7.11. The van der Waals surface area contributed by atoms with Crippen LogP contribution in [0.2, 0.25) is 0 Å². The van der Waals surface area contributed by atoms with E-state index < -0.39 is 12.6 Å². The van der Waals surface area contributed by atoms with E-state index in [0.29, 0.717) is 11.6 Å². The van der Waals surface area contributed by atoms with Crippen molar-refractivity contribution >= 4 is 11.3 Å². The zero-order chi connectivity index (χ0) is 12.5. The van der Waals surface area contributed by atoms with Crippen LogP contribution in [0.25, 0.3) is 0 Å². The van der Waals surface area contributed by atoms with Crippen molar-refractivity contribution in [1.82, 2.24) is 4.98 Å². The average molecular weight is 264 g/mol. The molecule has 0 aliphatic heterocycles. The van der Waals surface area contributed by atoms with Crippen molar-refractivity contribution in [3.63, 3.8) is 0 Å². The Hall–Kier alpha value is -0.620. The van der Waals surface area contributed by atoms with Gasteiger partial charge in [0.2, 0.25) is 0 Å². The minimum atomic E-state index is -4.10. The first-order chi connectivity index (χ1) is 7.99. The van der Waals surface area contributed by atoms with Crippen molar-refractivity contribution in [3.8, 4) is 0 Å². The fraction of sp³-hybridized carbons (Fsp3) is 0.727. The van der Waals surface area contributed by atoms with Gasteiger partial charge in [-0.15, -0.1) is 11.3 Å². The van der Waals surface area contributed by atoms with E-state index in [9.17, 15) is 13.2 Å². The maximum absolute atomic E-state index is 12.1. The van der Waals surface area contributed by atoms with Crippen LogP contribution in [0, 0.1) is 0 Å². The van der Waals surface area contributed by atoms with Crippen molar-refractivity contribution in [2.75, 3.05) is 6.54 Å². The van der Waals surface area contributed by atoms with Gasteiger partial charge in [-0.05, 0) is 19.3 Å². The van der Waals surface area contributed by atoms with Gasteiger partial charge in [0, 0.05) is 30.2 Å². The molecule has 1 aliphatic rings. The molecule has 17 heavy (non-hydrogen) atoms. The highest BCUT2D eigenvalue weighted by Gasteiger charge is 2.29. The monoisotopic (exact) mass is 264 g/mol. The number of nitrogens with two attached hydrogens (primary N) is 1. The normalized spacial score (nSPS) is 20.4. The third-order valence-electron chi connectivity index (χ3n) is 3.02. The molecule has 2 nitrogen and oxygen atoms in total. The molecule has 0 saturated carbocycles. The Kier molecular flexibility index (Phi) is 3.73. The van der Waals surface area contributed by atoms with Gasteiger partial charge in [-0.25, -0.2) is 4.98 Å². The lowest BCUT2D eigenvalue weighted by molar-refractivity contribution is -0.134. The van der Waals surface area contributed by atoms with E-state index >= 15 is 0 Å². The zero-order valence-electron chi connectivity index (χ0n) is 9.39. The largest absolute Gasteiger partial charge is 0.389 e. The molecular formula is C11H15F3N2S. The molecule has 2 rings (SSSR count). The summed E-state index contributed by atoms with van der Waals surface area (Å²) in [7, 11) is 0. The summed E-state index contributed by atoms with van der Waals surface area (Å²) in [6.45, 7) is 0.537. The van der Waals surface area contributed by atoms with Gasteiger partial charge < -0.3 is 5.73 Å². The number of halogens is 3. The average Bonchev–Trinajstić information content (AvgIpc) is 2.67. The lowest BCUT2D eigenvalue weighted by Gasteiger charge is -2.18. The summed E-state index contributed by atoms with van der Waals surface area (Å²) in [5, 5.41) is 0.604. The molecule has 0 radical (unpaired) electrons. The number of alkyl halides is 3. The van der Waals surface area contributed by atoms with Crippen molar-refractivity contribution in [2.45, 2.75) is 44.2 Å². The number of hydrogen-bond acceptors (Lipinski definition) is 3. The Morgan fingerprint density at radius 1 is 1.41 bits per heavy atom. The highest BCUT2D eigenvalue weighted by atomic mass is 32.1. The minimum absolute atomic E-state index is 0.00153. The fourth-order valence-corrected chi connectivity index (χ4v) is 3.34. The van der Waals surface area contributed by atoms with Gasteiger partial charge in [0.25, 0.3) is 0 Å². The maximum Gasteiger partial charge on any atom is 0.389 e. The van der Waals surface area contributed by atoms with E-state index in [-0.39, 0.29) is 12.3 Å². The lowest BCUT2D eigenvalue weighted by Crippen LogP contribution is -2.17. The van der Waals surface area contributed by atoms with Crippen LogP contribution in [0.3, 0.4) is 0 Å². The molecule has 0 fully saturated rings. The first-order valence-corrected chi connectivity index (χ1v) is 6.56. The predicted octanol–water partition coefficient (Wildman–Crippen LogP) is 3.02. The second-order valence-corrected chi connectivity index (χ2v) is 5.52. The summed E-state index contributed by atoms with van der Waals surface area (Å²) in [4.78, 5) is 5.49. The maximum atomic E-state index is 12.1. The minimum Gasteiger partial charge on any atom is -0.330 e. The molecule has 1 unspecified atom stereocenters. The van der Waals surface area contributed by atoms with Gasteiger partial charge >= 0.3 is 6.18 Å². The third-order valence-corrected chi connectivity index (χ3v) is 4.21. The Balaban J connectivity index is 2.08. The van der Waals surface area contributed by atoms with Crippen LogP contribution >= 0.6 is 11.3 Å². The second kappa shape index (κ2) is 4.94. The summed E-state index contributed by atoms with van der Waals surface area (Å²) < 4.78 is 36.4. The van der Waals surface area contributed by atoms with Crippen molar-refractivity contribution < 1.29 is 13.2 Å². The van der Waals surface area contributed by atoms with Crippen LogP contribution < -0.4 is 5.73 Å². The van der Waals surface area contributed by atoms with Crippen molar-refractivity contribution in [2.24, 2.45) is 5.73 Å². The number of aryl methyl sites for hydroxylation is 2. The standard InChI is InChI=1S/C11H15F3N2S/c12-11(13,14)5-4-9-16-10-7(6-15)2-1-3-8(10)17-9/h7H,1-6,15H2. The SMILES string of the molecule is NCC1CCCc2sc(CCC(F)(F)F)nc21.